The molecule has 0 atom stereocenters. The zero-order valence-corrected chi connectivity index (χ0v) is 20.6. The minimum Gasteiger partial charge on any atom is -0.494 e. The number of carbonyl (C=O) groups is 1. The Hall–Kier alpha value is -3.74. The van der Waals surface area contributed by atoms with Crippen LogP contribution in [0.2, 0.25) is 0 Å². The molecule has 1 aliphatic carbocycles. The summed E-state index contributed by atoms with van der Waals surface area (Å²) >= 11 is 0. The van der Waals surface area contributed by atoms with Gasteiger partial charge in [0.15, 0.2) is 23.2 Å². The van der Waals surface area contributed by atoms with E-state index < -0.39 is 23.4 Å². The SMILES string of the molecule is C=CCOc1ccc(C(=O)OC2CCC(c3ccc(-c4ccc(OCC)cc4)c(F)c3F)CC2)cc1F. The zero-order valence-electron chi connectivity index (χ0n) is 20.6. The molecule has 0 saturated heterocycles. The first kappa shape index (κ1) is 26.3. The van der Waals surface area contributed by atoms with Crippen LogP contribution in [0.5, 0.6) is 11.5 Å². The summed E-state index contributed by atoms with van der Waals surface area (Å²) in [6, 6.07) is 14.0. The number of esters is 1. The highest BCUT2D eigenvalue weighted by Gasteiger charge is 2.28. The van der Waals surface area contributed by atoms with Gasteiger partial charge in [0.1, 0.15) is 18.5 Å². The Morgan fingerprint density at radius 3 is 2.32 bits per heavy atom. The predicted octanol–water partition coefficient (Wildman–Crippen LogP) is 7.62. The molecule has 1 fully saturated rings. The molecule has 0 spiro atoms. The van der Waals surface area contributed by atoms with E-state index in [4.69, 9.17) is 14.2 Å². The molecule has 0 radical (unpaired) electrons. The van der Waals surface area contributed by atoms with Gasteiger partial charge in [-0.3, -0.25) is 0 Å². The minimum absolute atomic E-state index is 0.0276. The van der Waals surface area contributed by atoms with Gasteiger partial charge in [0, 0.05) is 5.56 Å². The van der Waals surface area contributed by atoms with Crippen LogP contribution in [0.4, 0.5) is 13.2 Å². The van der Waals surface area contributed by atoms with Crippen molar-refractivity contribution < 1.29 is 32.2 Å². The first-order valence-electron chi connectivity index (χ1n) is 12.4. The van der Waals surface area contributed by atoms with Gasteiger partial charge in [-0.1, -0.05) is 36.9 Å². The fraction of sp³-hybridized carbons (Fsp3) is 0.300. The van der Waals surface area contributed by atoms with Crippen LogP contribution in [0.25, 0.3) is 11.1 Å². The summed E-state index contributed by atoms with van der Waals surface area (Å²) < 4.78 is 60.4. The van der Waals surface area contributed by atoms with Crippen LogP contribution in [0.1, 0.15) is 54.4 Å². The Labute approximate surface area is 214 Å². The molecule has 0 aromatic heterocycles. The van der Waals surface area contributed by atoms with Gasteiger partial charge in [0.05, 0.1) is 12.2 Å². The normalized spacial score (nSPS) is 17.2. The van der Waals surface area contributed by atoms with Crippen molar-refractivity contribution in [3.05, 3.63) is 95.8 Å². The van der Waals surface area contributed by atoms with Gasteiger partial charge < -0.3 is 14.2 Å². The standard InChI is InChI=1S/C30H29F3O4/c1-3-17-36-27-16-9-21(18-26(27)31)30(34)37-23-12-7-20(8-13-23)25-15-14-24(28(32)29(25)33)19-5-10-22(11-6-19)35-4-2/h3,5-6,9-11,14-16,18,20,23H,1,4,7-8,12-13,17H2,2H3. The number of rotatable bonds is 9. The second kappa shape index (κ2) is 12.0. The summed E-state index contributed by atoms with van der Waals surface area (Å²) in [7, 11) is 0. The third-order valence-electron chi connectivity index (χ3n) is 6.50. The Balaban J connectivity index is 1.37. The summed E-state index contributed by atoms with van der Waals surface area (Å²) in [5.74, 6) is -2.50. The average molecular weight is 511 g/mol. The molecular formula is C30H29F3O4. The van der Waals surface area contributed by atoms with Gasteiger partial charge in [-0.25, -0.2) is 18.0 Å². The molecule has 3 aromatic rings. The molecule has 0 bridgehead atoms. The summed E-state index contributed by atoms with van der Waals surface area (Å²) in [5.41, 5.74) is 1.18. The van der Waals surface area contributed by atoms with E-state index in [9.17, 15) is 13.6 Å². The number of halogens is 3. The van der Waals surface area contributed by atoms with Gasteiger partial charge >= 0.3 is 5.97 Å². The van der Waals surface area contributed by atoms with Gasteiger partial charge in [-0.05, 0) is 80.0 Å². The van der Waals surface area contributed by atoms with Crippen LogP contribution in [0.15, 0.2) is 67.3 Å². The average Bonchev–Trinajstić information content (AvgIpc) is 2.91. The van der Waals surface area contributed by atoms with Crippen LogP contribution in [0.3, 0.4) is 0 Å². The van der Waals surface area contributed by atoms with Crippen molar-refractivity contribution in [1.82, 2.24) is 0 Å². The Morgan fingerprint density at radius 1 is 0.946 bits per heavy atom. The van der Waals surface area contributed by atoms with Crippen LogP contribution < -0.4 is 9.47 Å². The smallest absolute Gasteiger partial charge is 0.338 e. The van der Waals surface area contributed by atoms with Crippen LogP contribution in [-0.4, -0.2) is 25.3 Å². The molecule has 37 heavy (non-hydrogen) atoms. The molecule has 1 aliphatic rings. The monoisotopic (exact) mass is 510 g/mol. The number of hydrogen-bond acceptors (Lipinski definition) is 4. The topological polar surface area (TPSA) is 44.8 Å². The van der Waals surface area contributed by atoms with Gasteiger partial charge in [-0.2, -0.15) is 0 Å². The molecule has 4 nitrogen and oxygen atoms in total. The molecule has 0 unspecified atom stereocenters. The molecule has 0 heterocycles. The lowest BCUT2D eigenvalue weighted by molar-refractivity contribution is 0.0193. The van der Waals surface area contributed by atoms with E-state index >= 15 is 4.39 Å². The van der Waals surface area contributed by atoms with Crippen LogP contribution >= 0.6 is 0 Å². The summed E-state index contributed by atoms with van der Waals surface area (Å²) in [5, 5.41) is 0. The largest absolute Gasteiger partial charge is 0.494 e. The molecular weight excluding hydrogens is 481 g/mol. The van der Waals surface area contributed by atoms with Crippen molar-refractivity contribution in [2.24, 2.45) is 0 Å². The number of hydrogen-bond donors (Lipinski definition) is 0. The molecule has 0 N–H and O–H groups in total. The fourth-order valence-electron chi connectivity index (χ4n) is 4.60. The molecule has 1 saturated carbocycles. The lowest BCUT2D eigenvalue weighted by Crippen LogP contribution is -2.24. The van der Waals surface area contributed by atoms with Crippen molar-refractivity contribution in [3.63, 3.8) is 0 Å². The highest BCUT2D eigenvalue weighted by Crippen LogP contribution is 2.38. The van der Waals surface area contributed by atoms with E-state index in [1.807, 2.05) is 6.92 Å². The molecule has 3 aromatic carbocycles. The highest BCUT2D eigenvalue weighted by atomic mass is 19.2. The molecule has 0 amide bonds. The number of carbonyl (C=O) groups excluding carboxylic acids is 1. The van der Waals surface area contributed by atoms with E-state index in [-0.39, 0.29) is 35.5 Å². The highest BCUT2D eigenvalue weighted by molar-refractivity contribution is 5.89. The van der Waals surface area contributed by atoms with E-state index in [0.29, 0.717) is 49.2 Å². The minimum atomic E-state index is -0.877. The molecule has 0 aliphatic heterocycles. The summed E-state index contributed by atoms with van der Waals surface area (Å²) in [4.78, 5) is 12.5. The summed E-state index contributed by atoms with van der Waals surface area (Å²) in [6.07, 6.45) is 3.20. The third kappa shape index (κ3) is 6.16. The van der Waals surface area contributed by atoms with Gasteiger partial charge in [-0.15, -0.1) is 0 Å². The first-order valence-corrected chi connectivity index (χ1v) is 12.4. The molecule has 194 valence electrons. The van der Waals surface area contributed by atoms with Crippen LogP contribution in [0, 0.1) is 17.5 Å². The molecule has 4 rings (SSSR count). The van der Waals surface area contributed by atoms with Crippen molar-refractivity contribution >= 4 is 5.97 Å². The van der Waals surface area contributed by atoms with E-state index in [0.717, 1.165) is 6.07 Å². The summed E-state index contributed by atoms with van der Waals surface area (Å²) in [6.45, 7) is 6.06. The van der Waals surface area contributed by atoms with Crippen molar-refractivity contribution in [3.8, 4) is 22.6 Å². The van der Waals surface area contributed by atoms with E-state index in [1.165, 1.54) is 18.2 Å². The van der Waals surface area contributed by atoms with Crippen molar-refractivity contribution in [2.45, 2.75) is 44.6 Å². The Kier molecular flexibility index (Phi) is 8.54. The lowest BCUT2D eigenvalue weighted by atomic mass is 9.82. The van der Waals surface area contributed by atoms with E-state index in [2.05, 4.69) is 6.58 Å². The quantitative estimate of drug-likeness (QED) is 0.219. The van der Waals surface area contributed by atoms with Crippen molar-refractivity contribution in [2.75, 3.05) is 13.2 Å². The number of benzene rings is 3. The lowest BCUT2D eigenvalue weighted by Gasteiger charge is -2.29. The maximum Gasteiger partial charge on any atom is 0.338 e. The van der Waals surface area contributed by atoms with E-state index in [1.54, 1.807) is 36.4 Å². The number of ether oxygens (including phenoxy) is 3. The predicted molar refractivity (Wildman–Crippen MR) is 135 cm³/mol. The third-order valence-corrected chi connectivity index (χ3v) is 6.50. The molecule has 7 heteroatoms. The van der Waals surface area contributed by atoms with Crippen molar-refractivity contribution in [1.29, 1.82) is 0 Å². The Morgan fingerprint density at radius 2 is 1.68 bits per heavy atom. The first-order chi connectivity index (χ1) is 17.9. The zero-order chi connectivity index (χ0) is 26.4. The Bertz CT molecular complexity index is 1250. The van der Waals surface area contributed by atoms with Gasteiger partial charge in [0.25, 0.3) is 0 Å². The second-order valence-electron chi connectivity index (χ2n) is 8.91. The maximum atomic E-state index is 15.1. The maximum absolute atomic E-state index is 15.1. The fourth-order valence-corrected chi connectivity index (χ4v) is 4.60. The second-order valence-corrected chi connectivity index (χ2v) is 8.91. The van der Waals surface area contributed by atoms with Gasteiger partial charge in [0.2, 0.25) is 0 Å². The van der Waals surface area contributed by atoms with Crippen LogP contribution in [-0.2, 0) is 4.74 Å².